The summed E-state index contributed by atoms with van der Waals surface area (Å²) in [5, 5.41) is 6.86. The Kier molecular flexibility index (Phi) is 5.55. The van der Waals surface area contributed by atoms with Crippen LogP contribution in [-0.2, 0) is 0 Å². The Morgan fingerprint density at radius 1 is 1.00 bits per heavy atom. The van der Waals surface area contributed by atoms with Gasteiger partial charge in [-0.3, -0.25) is 4.79 Å². The van der Waals surface area contributed by atoms with Crippen LogP contribution >= 0.6 is 23.2 Å². The van der Waals surface area contributed by atoms with Crippen molar-refractivity contribution in [1.29, 1.82) is 0 Å². The normalized spacial score (nSPS) is 10.3. The molecule has 0 fully saturated rings. The molecule has 6 nitrogen and oxygen atoms in total. The number of nitrogens with zero attached hydrogens (tertiary/aromatic N) is 2. The lowest BCUT2D eigenvalue weighted by Crippen LogP contribution is -2.14. The highest BCUT2D eigenvalue weighted by atomic mass is 35.5. The quantitative estimate of drug-likeness (QED) is 0.656. The maximum absolute atomic E-state index is 12.4. The molecule has 1 heterocycles. The predicted octanol–water partition coefficient (Wildman–Crippen LogP) is 4.79. The Hall–Kier alpha value is -2.83. The second-order valence-corrected chi connectivity index (χ2v) is 6.07. The smallest absolute Gasteiger partial charge is 0.274 e. The molecule has 0 aliphatic heterocycles. The van der Waals surface area contributed by atoms with Crippen molar-refractivity contribution < 1.29 is 9.53 Å². The summed E-state index contributed by atoms with van der Waals surface area (Å²) in [6, 6.07) is 13.6. The summed E-state index contributed by atoms with van der Waals surface area (Å²) < 4.78 is 5.09. The molecule has 0 bridgehead atoms. The second-order valence-electron chi connectivity index (χ2n) is 5.22. The number of anilines is 3. The van der Waals surface area contributed by atoms with E-state index in [4.69, 9.17) is 27.9 Å². The van der Waals surface area contributed by atoms with Crippen molar-refractivity contribution in [3.05, 3.63) is 70.6 Å². The summed E-state index contributed by atoms with van der Waals surface area (Å²) >= 11 is 11.9. The first kappa shape index (κ1) is 18.0. The van der Waals surface area contributed by atoms with E-state index in [9.17, 15) is 4.79 Å². The molecule has 0 aliphatic rings. The zero-order chi connectivity index (χ0) is 18.5. The number of rotatable bonds is 5. The molecule has 0 saturated heterocycles. The minimum absolute atomic E-state index is 0.211. The van der Waals surface area contributed by atoms with Crippen LogP contribution in [0.4, 0.5) is 17.2 Å². The Morgan fingerprint density at radius 3 is 2.42 bits per heavy atom. The van der Waals surface area contributed by atoms with E-state index < -0.39 is 0 Å². The van der Waals surface area contributed by atoms with Gasteiger partial charge in [0.1, 0.15) is 23.6 Å². The van der Waals surface area contributed by atoms with E-state index in [1.165, 1.54) is 13.4 Å². The van der Waals surface area contributed by atoms with Gasteiger partial charge in [0, 0.05) is 22.5 Å². The molecule has 0 unspecified atom stereocenters. The summed E-state index contributed by atoms with van der Waals surface area (Å²) in [6.45, 7) is 0. The number of methoxy groups -OCH3 is 1. The van der Waals surface area contributed by atoms with E-state index in [-0.39, 0.29) is 11.6 Å². The van der Waals surface area contributed by atoms with Crippen molar-refractivity contribution in [2.24, 2.45) is 0 Å². The predicted molar refractivity (Wildman–Crippen MR) is 103 cm³/mol. The first-order chi connectivity index (χ1) is 12.5. The highest BCUT2D eigenvalue weighted by molar-refractivity contribution is 6.32. The van der Waals surface area contributed by atoms with Crippen LogP contribution in [0.2, 0.25) is 10.0 Å². The van der Waals surface area contributed by atoms with E-state index in [1.54, 1.807) is 36.4 Å². The lowest BCUT2D eigenvalue weighted by atomic mass is 10.2. The molecule has 0 atom stereocenters. The SMILES string of the molecule is COc1ccc(NC(=O)c2cc(Nc3ccc(Cl)cc3)ncn2)cc1Cl. The number of aromatic nitrogens is 2. The standard InChI is InChI=1S/C18H14Cl2N4O2/c1-26-16-7-6-13(8-14(16)20)24-18(25)15-9-17(22-10-21-15)23-12-4-2-11(19)3-5-12/h2-10H,1H3,(H,24,25)(H,21,22,23). The van der Waals surface area contributed by atoms with Crippen molar-refractivity contribution in [2.75, 3.05) is 17.7 Å². The lowest BCUT2D eigenvalue weighted by Gasteiger charge is -2.09. The van der Waals surface area contributed by atoms with Crippen LogP contribution in [0.5, 0.6) is 5.75 Å². The fraction of sp³-hybridized carbons (Fsp3) is 0.0556. The van der Waals surface area contributed by atoms with Crippen molar-refractivity contribution in [3.63, 3.8) is 0 Å². The Morgan fingerprint density at radius 2 is 1.73 bits per heavy atom. The van der Waals surface area contributed by atoms with Crippen LogP contribution in [-0.4, -0.2) is 23.0 Å². The van der Waals surface area contributed by atoms with Gasteiger partial charge in [-0.2, -0.15) is 0 Å². The molecule has 0 saturated carbocycles. The zero-order valence-corrected chi connectivity index (χ0v) is 15.2. The highest BCUT2D eigenvalue weighted by Crippen LogP contribution is 2.27. The number of benzene rings is 2. The number of halogens is 2. The van der Waals surface area contributed by atoms with E-state index in [0.717, 1.165) is 5.69 Å². The van der Waals surface area contributed by atoms with Crippen molar-refractivity contribution in [3.8, 4) is 5.75 Å². The molecule has 1 amide bonds. The summed E-state index contributed by atoms with van der Waals surface area (Å²) in [7, 11) is 1.52. The van der Waals surface area contributed by atoms with Crippen molar-refractivity contribution in [1.82, 2.24) is 9.97 Å². The third-order valence-electron chi connectivity index (χ3n) is 3.43. The molecule has 26 heavy (non-hydrogen) atoms. The van der Waals surface area contributed by atoms with Gasteiger partial charge in [-0.05, 0) is 42.5 Å². The number of carbonyl (C=O) groups excluding carboxylic acids is 1. The Balaban J connectivity index is 1.73. The van der Waals surface area contributed by atoms with Gasteiger partial charge in [-0.1, -0.05) is 23.2 Å². The lowest BCUT2D eigenvalue weighted by molar-refractivity contribution is 0.102. The molecular formula is C18H14Cl2N4O2. The fourth-order valence-electron chi connectivity index (χ4n) is 2.17. The number of nitrogens with one attached hydrogen (secondary N) is 2. The molecule has 1 aromatic heterocycles. The average Bonchev–Trinajstić information content (AvgIpc) is 2.64. The number of carbonyl (C=O) groups is 1. The van der Waals surface area contributed by atoms with Crippen LogP contribution < -0.4 is 15.4 Å². The van der Waals surface area contributed by atoms with Gasteiger partial charge in [-0.25, -0.2) is 9.97 Å². The van der Waals surface area contributed by atoms with Gasteiger partial charge in [0.25, 0.3) is 5.91 Å². The first-order valence-corrected chi connectivity index (χ1v) is 8.30. The largest absolute Gasteiger partial charge is 0.495 e. The summed E-state index contributed by atoms with van der Waals surface area (Å²) in [5.41, 5.74) is 1.54. The highest BCUT2D eigenvalue weighted by Gasteiger charge is 2.11. The second kappa shape index (κ2) is 8.03. The number of hydrogen-bond acceptors (Lipinski definition) is 5. The first-order valence-electron chi connectivity index (χ1n) is 7.54. The van der Waals surface area contributed by atoms with Gasteiger partial charge in [0.15, 0.2) is 0 Å². The molecule has 0 radical (unpaired) electrons. The minimum Gasteiger partial charge on any atom is -0.495 e. The fourth-order valence-corrected chi connectivity index (χ4v) is 2.55. The van der Waals surface area contributed by atoms with Crippen molar-refractivity contribution >= 4 is 46.3 Å². The monoisotopic (exact) mass is 388 g/mol. The average molecular weight is 389 g/mol. The van der Waals surface area contributed by atoms with E-state index in [2.05, 4.69) is 20.6 Å². The van der Waals surface area contributed by atoms with Gasteiger partial charge >= 0.3 is 0 Å². The molecule has 0 aliphatic carbocycles. The van der Waals surface area contributed by atoms with E-state index in [0.29, 0.717) is 27.3 Å². The number of ether oxygens (including phenoxy) is 1. The third kappa shape index (κ3) is 4.41. The topological polar surface area (TPSA) is 76.1 Å². The van der Waals surface area contributed by atoms with Gasteiger partial charge in [-0.15, -0.1) is 0 Å². The van der Waals surface area contributed by atoms with Crippen LogP contribution in [0.3, 0.4) is 0 Å². The van der Waals surface area contributed by atoms with Gasteiger partial charge < -0.3 is 15.4 Å². The van der Waals surface area contributed by atoms with Crippen LogP contribution in [0.25, 0.3) is 0 Å². The van der Waals surface area contributed by atoms with Gasteiger partial charge in [0.2, 0.25) is 0 Å². The van der Waals surface area contributed by atoms with Crippen LogP contribution in [0, 0.1) is 0 Å². The summed E-state index contributed by atoms with van der Waals surface area (Å²) in [5.74, 6) is 0.633. The Labute approximate surface area is 160 Å². The Bertz CT molecular complexity index is 933. The maximum Gasteiger partial charge on any atom is 0.274 e. The molecule has 2 aromatic carbocycles. The molecule has 3 aromatic rings. The third-order valence-corrected chi connectivity index (χ3v) is 3.97. The molecule has 3 rings (SSSR count). The molecule has 2 N–H and O–H groups in total. The minimum atomic E-state index is -0.382. The van der Waals surface area contributed by atoms with E-state index >= 15 is 0 Å². The molecule has 0 spiro atoms. The van der Waals surface area contributed by atoms with Crippen LogP contribution in [0.1, 0.15) is 10.5 Å². The zero-order valence-electron chi connectivity index (χ0n) is 13.7. The summed E-state index contributed by atoms with van der Waals surface area (Å²) in [4.78, 5) is 20.5. The number of amides is 1. The van der Waals surface area contributed by atoms with Crippen LogP contribution in [0.15, 0.2) is 54.9 Å². The summed E-state index contributed by atoms with van der Waals surface area (Å²) in [6.07, 6.45) is 1.31. The van der Waals surface area contributed by atoms with E-state index in [1.807, 2.05) is 12.1 Å². The molecule has 132 valence electrons. The van der Waals surface area contributed by atoms with Crippen molar-refractivity contribution in [2.45, 2.75) is 0 Å². The molecule has 8 heteroatoms. The van der Waals surface area contributed by atoms with Gasteiger partial charge in [0.05, 0.1) is 12.1 Å². The molecular weight excluding hydrogens is 375 g/mol. The maximum atomic E-state index is 12.4. The number of hydrogen-bond donors (Lipinski definition) is 2.